The number of nitrogens with zero attached hydrogens (tertiary/aromatic N) is 6. The zero-order valence-electron chi connectivity index (χ0n) is 36.2. The monoisotopic (exact) mass is 1050 g/mol. The van der Waals surface area contributed by atoms with Gasteiger partial charge in [0.2, 0.25) is 0 Å². The van der Waals surface area contributed by atoms with Crippen LogP contribution in [0.2, 0.25) is 0 Å². The van der Waals surface area contributed by atoms with Gasteiger partial charge in [-0.15, -0.1) is 24.3 Å². The molecule has 0 saturated heterocycles. The van der Waals surface area contributed by atoms with Crippen molar-refractivity contribution in [1.29, 1.82) is 0 Å². The van der Waals surface area contributed by atoms with E-state index in [0.717, 1.165) is 83.5 Å². The molecule has 5 heterocycles. The van der Waals surface area contributed by atoms with E-state index < -0.39 is 0 Å². The van der Waals surface area contributed by atoms with E-state index in [-0.39, 0.29) is 21.1 Å². The zero-order valence-corrected chi connectivity index (χ0v) is 38.5. The smallest absolute Gasteiger partial charge is 0.268 e. The fraction of sp³-hybridized carbons (Fsp3) is 0. The van der Waals surface area contributed by atoms with Crippen LogP contribution in [-0.4, -0.2) is 23.3 Å². The molecule has 0 bridgehead atoms. The summed E-state index contributed by atoms with van der Waals surface area (Å²) in [7, 11) is 0. The van der Waals surface area contributed by atoms with E-state index in [0.29, 0.717) is 11.5 Å². The van der Waals surface area contributed by atoms with Gasteiger partial charge in [0.15, 0.2) is 0 Å². The number of fused-ring (bicyclic) bond motifs is 13. The summed E-state index contributed by atoms with van der Waals surface area (Å²) in [5.41, 5.74) is 12.4. The Kier molecular flexibility index (Phi) is 9.27. The van der Waals surface area contributed by atoms with Gasteiger partial charge in [0.1, 0.15) is 5.82 Å². The minimum Gasteiger partial charge on any atom is -0.510 e. The van der Waals surface area contributed by atoms with Crippen LogP contribution >= 0.6 is 0 Å². The van der Waals surface area contributed by atoms with Gasteiger partial charge in [-0.3, -0.25) is 4.57 Å². The number of hydrogen-bond donors (Lipinski definition) is 0. The minimum atomic E-state index is 0. The van der Waals surface area contributed by atoms with Crippen molar-refractivity contribution >= 4 is 76.5 Å². The van der Waals surface area contributed by atoms with E-state index in [1.165, 1.54) is 21.5 Å². The number of rotatable bonds is 7. The van der Waals surface area contributed by atoms with Crippen LogP contribution in [0.5, 0.6) is 11.5 Å². The molecule has 5 aromatic heterocycles. The van der Waals surface area contributed by atoms with E-state index in [4.69, 9.17) is 9.72 Å². The first-order chi connectivity index (χ1) is 33.3. The van der Waals surface area contributed by atoms with E-state index >= 15 is 0 Å². The first kappa shape index (κ1) is 39.8. The Bertz CT molecular complexity index is 4230. The quantitative estimate of drug-likeness (QED) is 0.118. The van der Waals surface area contributed by atoms with Gasteiger partial charge >= 0.3 is 0 Å². The summed E-state index contributed by atoms with van der Waals surface area (Å²) < 4.78 is 18.1. The molecule has 9 aromatic carbocycles. The van der Waals surface area contributed by atoms with E-state index in [1.807, 2.05) is 71.4 Å². The first-order valence-corrected chi connectivity index (χ1v) is 22.4. The van der Waals surface area contributed by atoms with Crippen molar-refractivity contribution < 1.29 is 30.4 Å². The van der Waals surface area contributed by atoms with Crippen molar-refractivity contribution in [3.63, 3.8) is 0 Å². The molecule has 324 valence electrons. The fourth-order valence-corrected chi connectivity index (χ4v) is 10.3. The molecule has 14 rings (SSSR count). The average Bonchev–Trinajstić information content (AvgIpc) is 4.14. The summed E-state index contributed by atoms with van der Waals surface area (Å²) in [5, 5.41) is 6.86. The Hall–Kier alpha value is -8.51. The van der Waals surface area contributed by atoms with Gasteiger partial charge in [0, 0.05) is 71.7 Å². The van der Waals surface area contributed by atoms with E-state index in [2.05, 4.69) is 188 Å². The maximum Gasteiger partial charge on any atom is 0.268 e. The summed E-state index contributed by atoms with van der Waals surface area (Å²) in [5.74, 6) is 1.89. The Morgan fingerprint density at radius 2 is 0.971 bits per heavy atom. The van der Waals surface area contributed by atoms with Gasteiger partial charge in [0.05, 0.1) is 44.3 Å². The van der Waals surface area contributed by atoms with Crippen LogP contribution in [-0.2, 0) is 21.1 Å². The van der Waals surface area contributed by atoms with E-state index in [9.17, 15) is 0 Å². The standard InChI is InChI=1S/C60H36N6O.Pt/c1-4-19-40(20-5-1)62-39-63(52-32-15-14-31-51(52)62)43-25-18-26-44(37-43)67-45-34-35-48-53(38-45)66(54-33-16-17-36-61-54)60-57(48)58-55(46-27-10-12-29-49(46)64(58)41-21-6-2-7-22-41)56-47-28-11-13-30-50(47)65(59(56)60)42-23-8-3-9-24-42;/h1-36H;/q-2;. The average molecular weight is 1050 g/mol. The summed E-state index contributed by atoms with van der Waals surface area (Å²) in [6.07, 6.45) is 5.45. The fourth-order valence-electron chi connectivity index (χ4n) is 10.3. The van der Waals surface area contributed by atoms with Crippen LogP contribution in [0.3, 0.4) is 0 Å². The van der Waals surface area contributed by atoms with Gasteiger partial charge in [-0.25, -0.2) is 4.98 Å². The molecule has 68 heavy (non-hydrogen) atoms. The third kappa shape index (κ3) is 5.96. The SMILES string of the molecule is [Pt].[c-]1c(Oc2[c-]c3c(cc2)c2c(c4c(c5ccccc5n4-c4ccccc4)c4c5ccccc5n(-c5ccccc5)c42)n3-c2ccccn2)cccc1-[n+]1[c-]n(-c2ccccc2)c2ccccc21. The van der Waals surface area contributed by atoms with Crippen LogP contribution in [0.1, 0.15) is 0 Å². The summed E-state index contributed by atoms with van der Waals surface area (Å²) >= 11 is 0. The Balaban J connectivity index is 0.00000457. The summed E-state index contributed by atoms with van der Waals surface area (Å²) in [6.45, 7) is 0. The Morgan fingerprint density at radius 3 is 1.65 bits per heavy atom. The van der Waals surface area contributed by atoms with Crippen molar-refractivity contribution in [1.82, 2.24) is 23.3 Å². The topological polar surface area (TPSA) is 45.7 Å². The van der Waals surface area contributed by atoms with Crippen LogP contribution in [0.15, 0.2) is 219 Å². The number of pyridine rings is 1. The van der Waals surface area contributed by atoms with Crippen molar-refractivity contribution in [3.05, 3.63) is 237 Å². The maximum atomic E-state index is 6.81. The van der Waals surface area contributed by atoms with Crippen LogP contribution in [0.4, 0.5) is 0 Å². The van der Waals surface area contributed by atoms with Gasteiger partial charge in [-0.05, 0) is 71.7 Å². The van der Waals surface area contributed by atoms with Gasteiger partial charge in [-0.2, -0.15) is 18.2 Å². The van der Waals surface area contributed by atoms with Gasteiger partial charge < -0.3 is 23.0 Å². The summed E-state index contributed by atoms with van der Waals surface area (Å²) in [6, 6.07) is 81.3. The number of para-hydroxylation sites is 7. The number of benzene rings is 9. The number of imidazole rings is 1. The number of aromatic nitrogens is 6. The molecule has 0 amide bonds. The Morgan fingerprint density at radius 1 is 0.412 bits per heavy atom. The van der Waals surface area contributed by atoms with Crippen molar-refractivity contribution in [2.75, 3.05) is 0 Å². The molecule has 8 heteroatoms. The minimum absolute atomic E-state index is 0. The molecular weight excluding hydrogens is 1020 g/mol. The van der Waals surface area contributed by atoms with Gasteiger partial charge in [0.25, 0.3) is 6.33 Å². The predicted octanol–water partition coefficient (Wildman–Crippen LogP) is 13.8. The predicted molar refractivity (Wildman–Crippen MR) is 269 cm³/mol. The maximum absolute atomic E-state index is 6.81. The molecule has 0 unspecified atom stereocenters. The van der Waals surface area contributed by atoms with Crippen LogP contribution < -0.4 is 9.30 Å². The molecule has 0 N–H and O–H groups in total. The molecule has 0 saturated carbocycles. The van der Waals surface area contributed by atoms with E-state index in [1.54, 1.807) is 0 Å². The third-order valence-corrected chi connectivity index (χ3v) is 13.0. The molecule has 0 atom stereocenters. The van der Waals surface area contributed by atoms with Gasteiger partial charge in [-0.1, -0.05) is 132 Å². The second-order valence-corrected chi connectivity index (χ2v) is 16.8. The molecule has 0 fully saturated rings. The second-order valence-electron chi connectivity index (χ2n) is 16.8. The number of hydrogen-bond acceptors (Lipinski definition) is 2. The van der Waals surface area contributed by atoms with Crippen molar-refractivity contribution in [2.24, 2.45) is 0 Å². The molecule has 0 aliphatic carbocycles. The number of ether oxygens (including phenoxy) is 1. The molecule has 14 aromatic rings. The Labute approximate surface area is 404 Å². The molecule has 0 spiro atoms. The molecule has 0 aliphatic rings. The third-order valence-electron chi connectivity index (χ3n) is 13.0. The normalized spacial score (nSPS) is 11.7. The largest absolute Gasteiger partial charge is 0.510 e. The molecular formula is C60H36N6OPt-2. The second kappa shape index (κ2) is 15.8. The van der Waals surface area contributed by atoms with Crippen molar-refractivity contribution in [3.8, 4) is 40.1 Å². The summed E-state index contributed by atoms with van der Waals surface area (Å²) in [4.78, 5) is 5.07. The zero-order chi connectivity index (χ0) is 44.0. The molecule has 0 radical (unpaired) electrons. The van der Waals surface area contributed by atoms with Crippen LogP contribution in [0, 0.1) is 18.5 Å². The first-order valence-electron chi connectivity index (χ1n) is 22.4. The molecule has 7 nitrogen and oxygen atoms in total. The van der Waals surface area contributed by atoms with Crippen LogP contribution in [0.25, 0.3) is 105 Å². The molecule has 0 aliphatic heterocycles. The van der Waals surface area contributed by atoms with Crippen molar-refractivity contribution in [2.45, 2.75) is 0 Å².